The maximum absolute atomic E-state index is 12.2. The van der Waals surface area contributed by atoms with Crippen molar-refractivity contribution in [3.8, 4) is 11.5 Å². The highest BCUT2D eigenvalue weighted by molar-refractivity contribution is 5.76. The molecule has 0 unspecified atom stereocenters. The molecule has 6 nitrogen and oxygen atoms in total. The number of hydrogen-bond donors (Lipinski definition) is 0. The first-order valence-corrected chi connectivity index (χ1v) is 7.73. The molecule has 1 saturated heterocycles. The van der Waals surface area contributed by atoms with Crippen LogP contribution in [0.15, 0.2) is 28.9 Å². The topological polar surface area (TPSA) is 72.1 Å². The normalized spacial score (nSPS) is 16.0. The zero-order chi connectivity index (χ0) is 15.4. The number of carbonyl (C=O) groups is 1. The van der Waals surface area contributed by atoms with E-state index in [1.54, 1.807) is 12.4 Å². The number of aryl methyl sites for hydroxylation is 1. The molecule has 0 atom stereocenters. The maximum Gasteiger partial charge on any atom is 0.247 e. The van der Waals surface area contributed by atoms with Gasteiger partial charge in [0.2, 0.25) is 17.7 Å². The number of pyridine rings is 1. The van der Waals surface area contributed by atoms with E-state index in [4.69, 9.17) is 4.42 Å². The van der Waals surface area contributed by atoms with E-state index in [2.05, 4.69) is 22.1 Å². The minimum Gasteiger partial charge on any atom is -0.421 e. The van der Waals surface area contributed by atoms with Gasteiger partial charge in [0.1, 0.15) is 0 Å². The van der Waals surface area contributed by atoms with E-state index in [0.717, 1.165) is 37.4 Å². The van der Waals surface area contributed by atoms with Crippen LogP contribution in [-0.4, -0.2) is 39.1 Å². The fourth-order valence-corrected chi connectivity index (χ4v) is 2.60. The Balaban J connectivity index is 1.54. The van der Waals surface area contributed by atoms with Gasteiger partial charge in [-0.25, -0.2) is 0 Å². The summed E-state index contributed by atoms with van der Waals surface area (Å²) in [6.07, 6.45) is 6.46. The second kappa shape index (κ2) is 6.68. The Bertz CT molecular complexity index is 618. The largest absolute Gasteiger partial charge is 0.421 e. The van der Waals surface area contributed by atoms with E-state index in [1.165, 1.54) is 0 Å². The van der Waals surface area contributed by atoms with Gasteiger partial charge in [-0.15, -0.1) is 10.2 Å². The van der Waals surface area contributed by atoms with Gasteiger partial charge in [0.15, 0.2) is 0 Å². The van der Waals surface area contributed by atoms with Crippen molar-refractivity contribution in [3.63, 3.8) is 0 Å². The summed E-state index contributed by atoms with van der Waals surface area (Å²) in [7, 11) is 0. The third-order valence-electron chi connectivity index (χ3n) is 4.08. The number of hydrogen-bond acceptors (Lipinski definition) is 5. The lowest BCUT2D eigenvalue weighted by Gasteiger charge is -2.30. The number of likely N-dealkylation sites (tertiary alicyclic amines) is 1. The van der Waals surface area contributed by atoms with Crippen LogP contribution in [0.3, 0.4) is 0 Å². The summed E-state index contributed by atoms with van der Waals surface area (Å²) in [5.41, 5.74) is 0.838. The minimum atomic E-state index is 0.176. The van der Waals surface area contributed by atoms with Crippen molar-refractivity contribution in [3.05, 3.63) is 30.4 Å². The summed E-state index contributed by atoms with van der Waals surface area (Å²) in [6.45, 7) is 3.97. The van der Waals surface area contributed by atoms with E-state index in [9.17, 15) is 4.79 Å². The van der Waals surface area contributed by atoms with Crippen LogP contribution < -0.4 is 0 Å². The van der Waals surface area contributed by atoms with Crippen molar-refractivity contribution < 1.29 is 9.21 Å². The smallest absolute Gasteiger partial charge is 0.247 e. The van der Waals surface area contributed by atoms with Gasteiger partial charge in [-0.05, 0) is 30.9 Å². The van der Waals surface area contributed by atoms with Gasteiger partial charge in [0.05, 0.1) is 0 Å². The van der Waals surface area contributed by atoms with Crippen molar-refractivity contribution in [2.24, 2.45) is 5.92 Å². The zero-order valence-electron chi connectivity index (χ0n) is 12.7. The van der Waals surface area contributed by atoms with Gasteiger partial charge in [-0.1, -0.05) is 6.92 Å². The van der Waals surface area contributed by atoms with Gasteiger partial charge >= 0.3 is 0 Å². The summed E-state index contributed by atoms with van der Waals surface area (Å²) in [5.74, 6) is 1.88. The number of amides is 1. The number of rotatable bonds is 4. The Morgan fingerprint density at radius 2 is 2.00 bits per heavy atom. The monoisotopic (exact) mass is 300 g/mol. The number of piperidine rings is 1. The van der Waals surface area contributed by atoms with Crippen molar-refractivity contribution in [2.75, 3.05) is 13.1 Å². The zero-order valence-corrected chi connectivity index (χ0v) is 12.7. The molecule has 0 saturated carbocycles. The van der Waals surface area contributed by atoms with Crippen LogP contribution >= 0.6 is 0 Å². The van der Waals surface area contributed by atoms with Crippen molar-refractivity contribution in [1.29, 1.82) is 0 Å². The van der Waals surface area contributed by atoms with Crippen molar-refractivity contribution in [1.82, 2.24) is 20.1 Å². The van der Waals surface area contributed by atoms with E-state index in [0.29, 0.717) is 24.6 Å². The highest BCUT2D eigenvalue weighted by atomic mass is 16.4. The van der Waals surface area contributed by atoms with E-state index in [1.807, 2.05) is 17.0 Å². The first-order chi connectivity index (χ1) is 10.7. The molecule has 0 N–H and O–H groups in total. The molecule has 0 aromatic carbocycles. The molecule has 3 rings (SSSR count). The average molecular weight is 300 g/mol. The van der Waals surface area contributed by atoms with Crippen molar-refractivity contribution in [2.45, 2.75) is 32.6 Å². The standard InChI is InChI=1S/C16H20N4O2/c1-12-6-10-20(11-7-12)15(21)3-2-14-18-19-16(22-14)13-4-8-17-9-5-13/h4-5,8-9,12H,2-3,6-7,10-11H2,1H3. The van der Waals surface area contributed by atoms with Gasteiger partial charge in [0.25, 0.3) is 0 Å². The summed E-state index contributed by atoms with van der Waals surface area (Å²) in [5, 5.41) is 8.03. The lowest BCUT2D eigenvalue weighted by Crippen LogP contribution is -2.38. The average Bonchev–Trinajstić information content (AvgIpc) is 3.03. The molecule has 2 aromatic rings. The summed E-state index contributed by atoms with van der Waals surface area (Å²) >= 11 is 0. The molecule has 1 amide bonds. The fourth-order valence-electron chi connectivity index (χ4n) is 2.60. The van der Waals surface area contributed by atoms with Crippen LogP contribution in [0.1, 0.15) is 32.1 Å². The molecule has 22 heavy (non-hydrogen) atoms. The Labute approximate surface area is 129 Å². The summed E-state index contributed by atoms with van der Waals surface area (Å²) in [4.78, 5) is 18.1. The summed E-state index contributed by atoms with van der Waals surface area (Å²) < 4.78 is 5.60. The van der Waals surface area contributed by atoms with E-state index < -0.39 is 0 Å². The number of aromatic nitrogens is 3. The van der Waals surface area contributed by atoms with E-state index in [-0.39, 0.29) is 5.91 Å². The molecule has 1 aliphatic rings. The molecule has 2 aromatic heterocycles. The van der Waals surface area contributed by atoms with Crippen LogP contribution in [0.5, 0.6) is 0 Å². The molecule has 3 heterocycles. The second-order valence-electron chi connectivity index (χ2n) is 5.80. The SMILES string of the molecule is CC1CCN(C(=O)CCc2nnc(-c3ccncc3)o2)CC1. The first-order valence-electron chi connectivity index (χ1n) is 7.73. The lowest BCUT2D eigenvalue weighted by atomic mass is 9.99. The highest BCUT2D eigenvalue weighted by Gasteiger charge is 2.20. The molecule has 0 bridgehead atoms. The van der Waals surface area contributed by atoms with Crippen LogP contribution in [0.25, 0.3) is 11.5 Å². The molecule has 0 spiro atoms. The van der Waals surface area contributed by atoms with Crippen LogP contribution in [0, 0.1) is 5.92 Å². The third-order valence-corrected chi connectivity index (χ3v) is 4.08. The van der Waals surface area contributed by atoms with Gasteiger partial charge < -0.3 is 9.32 Å². The fraction of sp³-hybridized carbons (Fsp3) is 0.500. The Hall–Kier alpha value is -2.24. The maximum atomic E-state index is 12.2. The highest BCUT2D eigenvalue weighted by Crippen LogP contribution is 2.19. The summed E-state index contributed by atoms with van der Waals surface area (Å²) in [6, 6.07) is 3.63. The van der Waals surface area contributed by atoms with Crippen LogP contribution in [0.2, 0.25) is 0 Å². The molecule has 0 radical (unpaired) electrons. The lowest BCUT2D eigenvalue weighted by molar-refractivity contribution is -0.132. The Kier molecular flexibility index (Phi) is 4.46. The molecule has 1 aliphatic heterocycles. The Morgan fingerprint density at radius 1 is 1.27 bits per heavy atom. The van der Waals surface area contributed by atoms with Gasteiger partial charge in [0, 0.05) is 43.9 Å². The minimum absolute atomic E-state index is 0.176. The molecule has 6 heteroatoms. The molecule has 1 fully saturated rings. The van der Waals surface area contributed by atoms with Crippen LogP contribution in [-0.2, 0) is 11.2 Å². The van der Waals surface area contributed by atoms with Crippen LogP contribution in [0.4, 0.5) is 0 Å². The van der Waals surface area contributed by atoms with Gasteiger partial charge in [-0.2, -0.15) is 0 Å². The molecule has 0 aliphatic carbocycles. The van der Waals surface area contributed by atoms with Crippen molar-refractivity contribution >= 4 is 5.91 Å². The Morgan fingerprint density at radius 3 is 2.73 bits per heavy atom. The third kappa shape index (κ3) is 3.50. The quantitative estimate of drug-likeness (QED) is 0.866. The predicted molar refractivity (Wildman–Crippen MR) is 80.8 cm³/mol. The first kappa shape index (κ1) is 14.7. The molecular formula is C16H20N4O2. The van der Waals surface area contributed by atoms with E-state index >= 15 is 0 Å². The number of carbonyl (C=O) groups excluding carboxylic acids is 1. The molecule has 116 valence electrons. The second-order valence-corrected chi connectivity index (χ2v) is 5.80. The predicted octanol–water partition coefficient (Wildman–Crippen LogP) is 2.32. The number of nitrogens with zero attached hydrogens (tertiary/aromatic N) is 4. The van der Waals surface area contributed by atoms with Gasteiger partial charge in [-0.3, -0.25) is 9.78 Å². The molecular weight excluding hydrogens is 280 g/mol.